The van der Waals surface area contributed by atoms with Gasteiger partial charge in [-0.15, -0.1) is 0 Å². The van der Waals surface area contributed by atoms with Crippen molar-refractivity contribution in [2.75, 3.05) is 47.6 Å². The van der Waals surface area contributed by atoms with Crippen molar-refractivity contribution >= 4 is 11.8 Å². The molecule has 2 atom stereocenters. The number of ether oxygens (including phenoxy) is 3. The van der Waals surface area contributed by atoms with E-state index in [1.54, 1.807) is 21.3 Å². The van der Waals surface area contributed by atoms with Crippen molar-refractivity contribution in [3.05, 3.63) is 23.8 Å². The second-order valence-electron chi connectivity index (χ2n) is 7.83. The maximum absolute atomic E-state index is 13.0. The van der Waals surface area contributed by atoms with Gasteiger partial charge in [-0.1, -0.05) is 18.9 Å². The van der Waals surface area contributed by atoms with Crippen LogP contribution in [0.15, 0.2) is 18.2 Å². The summed E-state index contributed by atoms with van der Waals surface area (Å²) in [5.41, 5.74) is 0.932. The van der Waals surface area contributed by atoms with Crippen LogP contribution in [0, 0.1) is 11.8 Å². The van der Waals surface area contributed by atoms with Gasteiger partial charge < -0.3 is 24.4 Å². The number of hydrogen-bond donors (Lipinski definition) is 1. The second-order valence-corrected chi connectivity index (χ2v) is 7.83. The number of carbonyl (C=O) groups is 2. The number of likely N-dealkylation sites (tertiary alicyclic amines) is 1. The number of carbonyl (C=O) groups excluding carboxylic acids is 2. The van der Waals surface area contributed by atoms with E-state index in [0.29, 0.717) is 37.7 Å². The van der Waals surface area contributed by atoms with Gasteiger partial charge >= 0.3 is 0 Å². The van der Waals surface area contributed by atoms with E-state index in [-0.39, 0.29) is 29.6 Å². The topological polar surface area (TPSA) is 77.1 Å². The molecule has 1 aliphatic carbocycles. The Bertz CT molecular complexity index is 717. The van der Waals surface area contributed by atoms with E-state index < -0.39 is 0 Å². The van der Waals surface area contributed by atoms with Crippen molar-refractivity contribution in [2.45, 2.75) is 31.6 Å². The minimum absolute atomic E-state index is 0.0494. The normalized spacial score (nSPS) is 22.0. The van der Waals surface area contributed by atoms with Gasteiger partial charge in [0.2, 0.25) is 11.8 Å². The van der Waals surface area contributed by atoms with E-state index >= 15 is 0 Å². The van der Waals surface area contributed by atoms with Crippen molar-refractivity contribution in [1.82, 2.24) is 10.2 Å². The summed E-state index contributed by atoms with van der Waals surface area (Å²) in [6.45, 7) is 1.88. The highest BCUT2D eigenvalue weighted by Crippen LogP contribution is 2.40. The number of amides is 2. The molecule has 1 heterocycles. The largest absolute Gasteiger partial charge is 0.497 e. The van der Waals surface area contributed by atoms with Crippen LogP contribution < -0.4 is 14.8 Å². The third-order valence-electron chi connectivity index (χ3n) is 6.12. The predicted octanol–water partition coefficient (Wildman–Crippen LogP) is 2.20. The molecule has 1 N–H and O–H groups in total. The van der Waals surface area contributed by atoms with E-state index in [9.17, 15) is 9.59 Å². The highest BCUT2D eigenvalue weighted by atomic mass is 16.5. The van der Waals surface area contributed by atoms with Crippen molar-refractivity contribution < 1.29 is 23.8 Å². The second kappa shape index (κ2) is 9.96. The molecule has 2 amide bonds. The number of nitrogens with one attached hydrogen (secondary N) is 1. The molecule has 0 spiro atoms. The minimum Gasteiger partial charge on any atom is -0.497 e. The number of rotatable bonds is 8. The molecule has 7 nitrogen and oxygen atoms in total. The molecule has 1 aromatic rings. The Morgan fingerprint density at radius 3 is 2.52 bits per heavy atom. The summed E-state index contributed by atoms with van der Waals surface area (Å²) in [5, 5.41) is 2.95. The summed E-state index contributed by atoms with van der Waals surface area (Å²) in [4.78, 5) is 27.9. The Balaban J connectivity index is 1.84. The van der Waals surface area contributed by atoms with Crippen LogP contribution in [0.5, 0.6) is 11.5 Å². The summed E-state index contributed by atoms with van der Waals surface area (Å²) in [6.07, 6.45) is 4.13. The monoisotopic (exact) mass is 404 g/mol. The quantitative estimate of drug-likeness (QED) is 0.672. The molecule has 2 fully saturated rings. The molecule has 0 aromatic heterocycles. The molecule has 1 saturated heterocycles. The van der Waals surface area contributed by atoms with Crippen LogP contribution in [-0.4, -0.2) is 64.3 Å². The van der Waals surface area contributed by atoms with Crippen molar-refractivity contribution in [3.8, 4) is 11.5 Å². The Kier molecular flexibility index (Phi) is 7.36. The molecule has 160 valence electrons. The molecule has 0 unspecified atom stereocenters. The van der Waals surface area contributed by atoms with E-state index in [1.807, 2.05) is 23.1 Å². The first-order valence-electron chi connectivity index (χ1n) is 10.4. The van der Waals surface area contributed by atoms with Crippen LogP contribution >= 0.6 is 0 Å². The summed E-state index contributed by atoms with van der Waals surface area (Å²) < 4.78 is 15.9. The van der Waals surface area contributed by atoms with Gasteiger partial charge in [0.15, 0.2) is 0 Å². The van der Waals surface area contributed by atoms with Gasteiger partial charge in [0.1, 0.15) is 11.5 Å². The van der Waals surface area contributed by atoms with Crippen LogP contribution in [0.2, 0.25) is 0 Å². The van der Waals surface area contributed by atoms with E-state index in [4.69, 9.17) is 14.2 Å². The van der Waals surface area contributed by atoms with Crippen molar-refractivity contribution in [2.24, 2.45) is 11.8 Å². The first-order valence-corrected chi connectivity index (χ1v) is 10.4. The zero-order valence-corrected chi connectivity index (χ0v) is 17.6. The summed E-state index contributed by atoms with van der Waals surface area (Å²) in [5.74, 6) is 1.17. The van der Waals surface area contributed by atoms with Gasteiger partial charge in [-0.25, -0.2) is 0 Å². The molecule has 29 heavy (non-hydrogen) atoms. The number of nitrogens with zero attached hydrogens (tertiary/aromatic N) is 1. The van der Waals surface area contributed by atoms with Gasteiger partial charge in [0.05, 0.1) is 26.7 Å². The lowest BCUT2D eigenvalue weighted by Gasteiger charge is -2.21. The van der Waals surface area contributed by atoms with Gasteiger partial charge in [-0.2, -0.15) is 0 Å². The maximum atomic E-state index is 13.0. The third-order valence-corrected chi connectivity index (χ3v) is 6.12. The summed E-state index contributed by atoms with van der Waals surface area (Å²) >= 11 is 0. The summed E-state index contributed by atoms with van der Waals surface area (Å²) in [6, 6.07) is 5.65. The molecule has 7 heteroatoms. The highest BCUT2D eigenvalue weighted by molar-refractivity contribution is 5.84. The molecule has 1 saturated carbocycles. The fourth-order valence-electron chi connectivity index (χ4n) is 4.53. The molecule has 1 aromatic carbocycles. The van der Waals surface area contributed by atoms with E-state index in [1.165, 1.54) is 0 Å². The van der Waals surface area contributed by atoms with Crippen molar-refractivity contribution in [1.29, 1.82) is 0 Å². The SMILES string of the molecule is COCCNC(=O)[C@@H]1CN(C(=O)C2CCCC2)C[C@@H]1c1ccc(OC)cc1OC. The number of methoxy groups -OCH3 is 3. The molecular weight excluding hydrogens is 372 g/mol. The first kappa shape index (κ1) is 21.4. The van der Waals surface area contributed by atoms with Crippen LogP contribution in [0.3, 0.4) is 0 Å². The van der Waals surface area contributed by atoms with Crippen LogP contribution in [0.1, 0.15) is 37.2 Å². The van der Waals surface area contributed by atoms with Crippen molar-refractivity contribution in [3.63, 3.8) is 0 Å². The van der Waals surface area contributed by atoms with E-state index in [2.05, 4.69) is 5.32 Å². The Morgan fingerprint density at radius 1 is 1.10 bits per heavy atom. The highest BCUT2D eigenvalue weighted by Gasteiger charge is 2.43. The van der Waals surface area contributed by atoms with Gasteiger partial charge in [0.25, 0.3) is 0 Å². The fourth-order valence-corrected chi connectivity index (χ4v) is 4.53. The minimum atomic E-state index is -0.320. The van der Waals surface area contributed by atoms with Crippen LogP contribution in [0.4, 0.5) is 0 Å². The lowest BCUT2D eigenvalue weighted by Crippen LogP contribution is -2.38. The Hall–Kier alpha value is -2.28. The predicted molar refractivity (Wildman–Crippen MR) is 109 cm³/mol. The zero-order chi connectivity index (χ0) is 20.8. The van der Waals surface area contributed by atoms with Gasteiger partial charge in [-0.05, 0) is 18.9 Å². The molecule has 2 aliphatic rings. The Labute approximate surface area is 172 Å². The fraction of sp³-hybridized carbons (Fsp3) is 0.636. The maximum Gasteiger partial charge on any atom is 0.225 e. The number of hydrogen-bond acceptors (Lipinski definition) is 5. The molecule has 0 bridgehead atoms. The third kappa shape index (κ3) is 4.83. The zero-order valence-electron chi connectivity index (χ0n) is 17.6. The smallest absolute Gasteiger partial charge is 0.225 e. The molecule has 1 aliphatic heterocycles. The standard InChI is InChI=1S/C22H32N2O5/c1-27-11-10-23-21(25)19-14-24(22(26)15-6-4-5-7-15)13-18(19)17-9-8-16(28-2)12-20(17)29-3/h8-9,12,15,18-19H,4-7,10-11,13-14H2,1-3H3,(H,23,25)/t18-,19-/m1/s1. The molecule has 3 rings (SSSR count). The van der Waals surface area contributed by atoms with Gasteiger partial charge in [-0.3, -0.25) is 9.59 Å². The lowest BCUT2D eigenvalue weighted by molar-refractivity contribution is -0.134. The van der Waals surface area contributed by atoms with Crippen LogP contribution in [0.25, 0.3) is 0 Å². The van der Waals surface area contributed by atoms with E-state index in [0.717, 1.165) is 31.2 Å². The molecular formula is C22H32N2O5. The summed E-state index contributed by atoms with van der Waals surface area (Å²) in [7, 11) is 4.83. The Morgan fingerprint density at radius 2 is 1.86 bits per heavy atom. The molecule has 0 radical (unpaired) electrons. The number of benzene rings is 1. The average molecular weight is 405 g/mol. The lowest BCUT2D eigenvalue weighted by atomic mass is 9.87. The first-order chi connectivity index (χ1) is 14.1. The average Bonchev–Trinajstić information content (AvgIpc) is 3.43. The van der Waals surface area contributed by atoms with Crippen LogP contribution in [-0.2, 0) is 14.3 Å². The van der Waals surface area contributed by atoms with Gasteiger partial charge in [0, 0.05) is 50.2 Å².